The summed E-state index contributed by atoms with van der Waals surface area (Å²) in [6.07, 6.45) is 6.58. The lowest BCUT2D eigenvalue weighted by Gasteiger charge is -2.40. The average Bonchev–Trinajstić information content (AvgIpc) is 2.26. The first-order valence-electron chi connectivity index (χ1n) is 6.32. The van der Waals surface area contributed by atoms with Crippen molar-refractivity contribution in [2.24, 2.45) is 5.73 Å². The first kappa shape index (κ1) is 12.9. The van der Waals surface area contributed by atoms with Gasteiger partial charge in [0.2, 0.25) is 0 Å². The molecule has 0 bridgehead atoms. The third kappa shape index (κ3) is 3.44. The molecule has 3 heteroatoms. The predicted octanol–water partition coefficient (Wildman–Crippen LogP) is 1.35. The highest BCUT2D eigenvalue weighted by Crippen LogP contribution is 2.24. The Labute approximate surface area is 93.6 Å². The Bertz CT molecular complexity index is 167. The van der Waals surface area contributed by atoms with E-state index in [9.17, 15) is 5.11 Å². The van der Waals surface area contributed by atoms with Crippen LogP contribution in [-0.4, -0.2) is 41.3 Å². The van der Waals surface area contributed by atoms with Crippen LogP contribution >= 0.6 is 0 Å². The van der Waals surface area contributed by atoms with Crippen LogP contribution in [0, 0.1) is 0 Å². The van der Waals surface area contributed by atoms with Crippen LogP contribution in [0.25, 0.3) is 0 Å². The molecule has 0 aromatic heterocycles. The molecule has 0 saturated heterocycles. The minimum Gasteiger partial charge on any atom is -0.395 e. The fourth-order valence-electron chi connectivity index (χ4n) is 2.75. The highest BCUT2D eigenvalue weighted by atomic mass is 16.3. The zero-order valence-electron chi connectivity index (χ0n) is 10.2. The van der Waals surface area contributed by atoms with Crippen LogP contribution in [0.15, 0.2) is 0 Å². The molecule has 0 spiro atoms. The van der Waals surface area contributed by atoms with Gasteiger partial charge in [0.15, 0.2) is 0 Å². The van der Waals surface area contributed by atoms with E-state index in [1.165, 1.54) is 32.1 Å². The maximum absolute atomic E-state index is 9.41. The molecular weight excluding hydrogens is 188 g/mol. The molecule has 2 unspecified atom stereocenters. The maximum atomic E-state index is 9.41. The van der Waals surface area contributed by atoms with Crippen molar-refractivity contribution in [2.45, 2.75) is 64.1 Å². The first-order valence-corrected chi connectivity index (χ1v) is 6.32. The fraction of sp³-hybridized carbons (Fsp3) is 1.00. The van der Waals surface area contributed by atoms with Crippen molar-refractivity contribution in [1.82, 2.24) is 4.90 Å². The van der Waals surface area contributed by atoms with Gasteiger partial charge in [-0.25, -0.2) is 0 Å². The van der Waals surface area contributed by atoms with Gasteiger partial charge in [-0.15, -0.1) is 0 Å². The van der Waals surface area contributed by atoms with Gasteiger partial charge in [0.25, 0.3) is 0 Å². The van der Waals surface area contributed by atoms with Crippen molar-refractivity contribution in [3.8, 4) is 0 Å². The van der Waals surface area contributed by atoms with Crippen LogP contribution in [0.1, 0.15) is 46.0 Å². The molecule has 0 radical (unpaired) electrons. The molecule has 0 amide bonds. The Morgan fingerprint density at radius 2 is 1.93 bits per heavy atom. The number of nitrogens with zero attached hydrogens (tertiary/aromatic N) is 1. The van der Waals surface area contributed by atoms with E-state index in [0.717, 1.165) is 6.54 Å². The van der Waals surface area contributed by atoms with Gasteiger partial charge in [0.1, 0.15) is 0 Å². The highest BCUT2D eigenvalue weighted by molar-refractivity contribution is 4.84. The fourth-order valence-corrected chi connectivity index (χ4v) is 2.75. The Morgan fingerprint density at radius 3 is 2.33 bits per heavy atom. The lowest BCUT2D eigenvalue weighted by molar-refractivity contribution is 0.0582. The third-order valence-corrected chi connectivity index (χ3v) is 3.63. The number of nitrogens with two attached hydrogens (primary N) is 1. The van der Waals surface area contributed by atoms with E-state index in [-0.39, 0.29) is 18.7 Å². The number of aliphatic hydroxyl groups excluding tert-OH is 1. The lowest BCUT2D eigenvalue weighted by Crippen LogP contribution is -2.53. The van der Waals surface area contributed by atoms with Crippen LogP contribution in [0.4, 0.5) is 0 Å². The Kier molecular flexibility index (Phi) is 5.58. The molecule has 1 aliphatic rings. The average molecular weight is 214 g/mol. The van der Waals surface area contributed by atoms with Gasteiger partial charge in [0, 0.05) is 18.1 Å². The SMILES string of the molecule is CCN(C1CCCCC1)C(CO)C(C)N. The normalized spacial score (nSPS) is 23.0. The number of aliphatic hydroxyl groups is 1. The molecular formula is C12H26N2O. The van der Waals surface area contributed by atoms with Crippen molar-refractivity contribution in [3.05, 3.63) is 0 Å². The predicted molar refractivity (Wildman–Crippen MR) is 63.8 cm³/mol. The number of rotatable bonds is 5. The number of likely N-dealkylation sites (N-methyl/N-ethyl adjacent to an activating group) is 1. The Hall–Kier alpha value is -0.120. The third-order valence-electron chi connectivity index (χ3n) is 3.63. The summed E-state index contributed by atoms with van der Waals surface area (Å²) in [4.78, 5) is 2.41. The van der Waals surface area contributed by atoms with E-state index in [1.807, 2.05) is 6.92 Å². The van der Waals surface area contributed by atoms with Gasteiger partial charge in [-0.2, -0.15) is 0 Å². The largest absolute Gasteiger partial charge is 0.395 e. The van der Waals surface area contributed by atoms with Crippen LogP contribution in [-0.2, 0) is 0 Å². The van der Waals surface area contributed by atoms with Crippen molar-refractivity contribution in [2.75, 3.05) is 13.2 Å². The summed E-state index contributed by atoms with van der Waals surface area (Å²) in [5.41, 5.74) is 5.93. The zero-order chi connectivity index (χ0) is 11.3. The van der Waals surface area contributed by atoms with Crippen molar-refractivity contribution in [1.29, 1.82) is 0 Å². The Morgan fingerprint density at radius 1 is 1.33 bits per heavy atom. The summed E-state index contributed by atoms with van der Waals surface area (Å²) in [6, 6.07) is 0.835. The van der Waals surface area contributed by atoms with Gasteiger partial charge < -0.3 is 10.8 Å². The summed E-state index contributed by atoms with van der Waals surface area (Å²) in [6.45, 7) is 5.34. The molecule has 15 heavy (non-hydrogen) atoms. The van der Waals surface area contributed by atoms with Crippen LogP contribution in [0.2, 0.25) is 0 Å². The van der Waals surface area contributed by atoms with Crippen LogP contribution < -0.4 is 5.73 Å². The second kappa shape index (κ2) is 6.46. The molecule has 0 aliphatic heterocycles. The second-order valence-electron chi connectivity index (χ2n) is 4.73. The first-order chi connectivity index (χ1) is 7.20. The summed E-state index contributed by atoms with van der Waals surface area (Å²) in [5.74, 6) is 0. The highest BCUT2D eigenvalue weighted by Gasteiger charge is 2.27. The molecule has 0 heterocycles. The number of hydrogen-bond donors (Lipinski definition) is 2. The summed E-state index contributed by atoms with van der Waals surface area (Å²) >= 11 is 0. The standard InChI is InChI=1S/C12H26N2O/c1-3-14(12(9-15)10(2)13)11-7-5-4-6-8-11/h10-12,15H,3-9,13H2,1-2H3. The zero-order valence-corrected chi connectivity index (χ0v) is 10.2. The van der Waals surface area contributed by atoms with Gasteiger partial charge in [-0.3, -0.25) is 4.90 Å². The van der Waals surface area contributed by atoms with Crippen molar-refractivity contribution >= 4 is 0 Å². The topological polar surface area (TPSA) is 49.5 Å². The molecule has 1 saturated carbocycles. The minimum atomic E-state index is 0.0527. The van der Waals surface area contributed by atoms with Crippen molar-refractivity contribution in [3.63, 3.8) is 0 Å². The van der Waals surface area contributed by atoms with Crippen LogP contribution in [0.5, 0.6) is 0 Å². The van der Waals surface area contributed by atoms with Gasteiger partial charge in [0.05, 0.1) is 6.61 Å². The van der Waals surface area contributed by atoms with E-state index >= 15 is 0 Å². The quantitative estimate of drug-likeness (QED) is 0.726. The molecule has 1 fully saturated rings. The van der Waals surface area contributed by atoms with Gasteiger partial charge >= 0.3 is 0 Å². The van der Waals surface area contributed by atoms with Gasteiger partial charge in [-0.05, 0) is 26.3 Å². The van der Waals surface area contributed by atoms with E-state index < -0.39 is 0 Å². The van der Waals surface area contributed by atoms with E-state index in [0.29, 0.717) is 6.04 Å². The van der Waals surface area contributed by atoms with Gasteiger partial charge in [-0.1, -0.05) is 26.2 Å². The van der Waals surface area contributed by atoms with E-state index in [1.54, 1.807) is 0 Å². The molecule has 0 aromatic rings. The molecule has 3 N–H and O–H groups in total. The van der Waals surface area contributed by atoms with E-state index in [2.05, 4.69) is 11.8 Å². The molecule has 1 rings (SSSR count). The summed E-state index contributed by atoms with van der Waals surface area (Å²) in [5, 5.41) is 9.41. The summed E-state index contributed by atoms with van der Waals surface area (Å²) < 4.78 is 0. The maximum Gasteiger partial charge on any atom is 0.0601 e. The molecule has 2 atom stereocenters. The molecule has 1 aliphatic carbocycles. The summed E-state index contributed by atoms with van der Waals surface area (Å²) in [7, 11) is 0. The number of hydrogen-bond acceptors (Lipinski definition) is 3. The van der Waals surface area contributed by atoms with Crippen LogP contribution in [0.3, 0.4) is 0 Å². The lowest BCUT2D eigenvalue weighted by atomic mass is 9.92. The monoisotopic (exact) mass is 214 g/mol. The molecule has 0 aromatic carbocycles. The second-order valence-corrected chi connectivity index (χ2v) is 4.73. The smallest absolute Gasteiger partial charge is 0.0601 e. The van der Waals surface area contributed by atoms with E-state index in [4.69, 9.17) is 5.73 Å². The minimum absolute atomic E-state index is 0.0527. The molecule has 90 valence electrons. The Balaban J connectivity index is 2.58. The molecule has 3 nitrogen and oxygen atoms in total. The van der Waals surface area contributed by atoms with Crippen molar-refractivity contribution < 1.29 is 5.11 Å².